The monoisotopic (exact) mass is 169 g/mol. The van der Waals surface area contributed by atoms with Crippen molar-refractivity contribution >= 4 is 11.7 Å². The van der Waals surface area contributed by atoms with Gasteiger partial charge in [0.15, 0.2) is 5.78 Å². The summed E-state index contributed by atoms with van der Waals surface area (Å²) in [6.45, 7) is 8.54. The lowest BCUT2D eigenvalue weighted by Gasteiger charge is -2.18. The summed E-state index contributed by atoms with van der Waals surface area (Å²) >= 11 is 0. The van der Waals surface area contributed by atoms with Gasteiger partial charge in [0.2, 0.25) is 5.91 Å². The van der Waals surface area contributed by atoms with Crippen LogP contribution < -0.4 is 5.32 Å². The molecule has 3 heteroatoms. The molecule has 0 saturated carbocycles. The quantitative estimate of drug-likeness (QED) is 0.635. The molecule has 0 aromatic carbocycles. The third kappa shape index (κ3) is 3.32. The molecule has 1 N–H and O–H groups in total. The molecule has 0 aliphatic carbocycles. The Morgan fingerprint density at radius 1 is 1.42 bits per heavy atom. The van der Waals surface area contributed by atoms with Crippen molar-refractivity contribution in [2.75, 3.05) is 0 Å². The summed E-state index contributed by atoms with van der Waals surface area (Å²) in [5.74, 6) is -0.212. The molecule has 0 bridgehead atoms. The van der Waals surface area contributed by atoms with E-state index >= 15 is 0 Å². The van der Waals surface area contributed by atoms with E-state index in [0.29, 0.717) is 0 Å². The van der Waals surface area contributed by atoms with Gasteiger partial charge in [0.1, 0.15) is 0 Å². The highest BCUT2D eigenvalue weighted by Crippen LogP contribution is 2.02. The van der Waals surface area contributed by atoms with Crippen LogP contribution in [0.4, 0.5) is 0 Å². The van der Waals surface area contributed by atoms with E-state index in [-0.39, 0.29) is 17.6 Å². The van der Waals surface area contributed by atoms with Gasteiger partial charge < -0.3 is 5.32 Å². The van der Waals surface area contributed by atoms with E-state index in [9.17, 15) is 9.59 Å². The maximum atomic E-state index is 11.0. The third-order valence-corrected chi connectivity index (χ3v) is 1.59. The number of Topliss-reactive ketones (excluding diaryl/α,β-unsaturated/α-hetero) is 1. The predicted molar refractivity (Wildman–Crippen MR) is 47.6 cm³/mol. The van der Waals surface area contributed by atoms with Crippen LogP contribution in [0.3, 0.4) is 0 Å². The predicted octanol–water partition coefficient (Wildman–Crippen LogP) is 0.902. The Hall–Kier alpha value is -1.12. The molecule has 0 fully saturated rings. The van der Waals surface area contributed by atoms with E-state index < -0.39 is 6.04 Å². The molecule has 0 aromatic rings. The molecular formula is C9H15NO2. The first-order chi connectivity index (χ1) is 5.49. The Morgan fingerprint density at radius 2 is 1.92 bits per heavy atom. The Bertz CT molecular complexity index is 197. The summed E-state index contributed by atoms with van der Waals surface area (Å²) in [6.07, 6.45) is 1.16. The van der Waals surface area contributed by atoms with Crippen molar-refractivity contribution < 1.29 is 9.59 Å². The van der Waals surface area contributed by atoms with Gasteiger partial charge in [-0.05, 0) is 18.9 Å². The van der Waals surface area contributed by atoms with Gasteiger partial charge in [0.25, 0.3) is 0 Å². The standard InChI is InChI=1S/C9H15NO2/c1-5-8(12)10-9(6(2)3)7(4)11/h5-6,9H,1H2,2-4H3,(H,10,12)/t9-/m0/s1. The van der Waals surface area contributed by atoms with Gasteiger partial charge in [-0.1, -0.05) is 20.4 Å². The van der Waals surface area contributed by atoms with Gasteiger partial charge in [0, 0.05) is 0 Å². The van der Waals surface area contributed by atoms with Gasteiger partial charge in [-0.25, -0.2) is 0 Å². The maximum Gasteiger partial charge on any atom is 0.243 e. The van der Waals surface area contributed by atoms with Crippen LogP contribution in [0.15, 0.2) is 12.7 Å². The molecular weight excluding hydrogens is 154 g/mol. The minimum Gasteiger partial charge on any atom is -0.343 e. The first-order valence-electron chi connectivity index (χ1n) is 3.92. The molecule has 0 aliphatic heterocycles. The number of carbonyl (C=O) groups is 2. The van der Waals surface area contributed by atoms with Gasteiger partial charge >= 0.3 is 0 Å². The molecule has 3 nitrogen and oxygen atoms in total. The normalized spacial score (nSPS) is 12.3. The number of amides is 1. The second-order valence-electron chi connectivity index (χ2n) is 3.05. The molecule has 0 unspecified atom stereocenters. The second-order valence-corrected chi connectivity index (χ2v) is 3.05. The second kappa shape index (κ2) is 4.70. The molecule has 0 aromatic heterocycles. The zero-order valence-electron chi connectivity index (χ0n) is 7.76. The van der Waals surface area contributed by atoms with Gasteiger partial charge in [-0.2, -0.15) is 0 Å². The van der Waals surface area contributed by atoms with Crippen molar-refractivity contribution in [1.82, 2.24) is 5.32 Å². The average molecular weight is 169 g/mol. The van der Waals surface area contributed by atoms with E-state index in [0.717, 1.165) is 6.08 Å². The smallest absolute Gasteiger partial charge is 0.243 e. The Kier molecular flexibility index (Phi) is 4.26. The fraction of sp³-hybridized carbons (Fsp3) is 0.556. The van der Waals surface area contributed by atoms with Gasteiger partial charge in [0.05, 0.1) is 6.04 Å². The Balaban J connectivity index is 4.23. The van der Waals surface area contributed by atoms with E-state index in [1.165, 1.54) is 6.92 Å². The SMILES string of the molecule is C=CC(=O)N[C@H](C(C)=O)C(C)C. The number of rotatable bonds is 4. The Morgan fingerprint density at radius 3 is 2.17 bits per heavy atom. The molecule has 0 aliphatic rings. The largest absolute Gasteiger partial charge is 0.343 e. The summed E-state index contributed by atoms with van der Waals surface area (Å²) in [7, 11) is 0. The minimum atomic E-state index is -0.393. The number of nitrogens with one attached hydrogen (secondary N) is 1. The van der Waals surface area contributed by atoms with Crippen LogP contribution in [-0.2, 0) is 9.59 Å². The summed E-state index contributed by atoms with van der Waals surface area (Å²) in [6, 6.07) is -0.393. The van der Waals surface area contributed by atoms with E-state index in [2.05, 4.69) is 11.9 Å². The minimum absolute atomic E-state index is 0.0276. The van der Waals surface area contributed by atoms with Crippen molar-refractivity contribution in [2.24, 2.45) is 5.92 Å². The molecule has 1 amide bonds. The first kappa shape index (κ1) is 10.9. The lowest BCUT2D eigenvalue weighted by Crippen LogP contribution is -2.42. The van der Waals surface area contributed by atoms with E-state index in [1.54, 1.807) is 0 Å². The van der Waals surface area contributed by atoms with Crippen LogP contribution in [0.5, 0.6) is 0 Å². The summed E-state index contributed by atoms with van der Waals surface area (Å²) in [4.78, 5) is 21.8. The van der Waals surface area contributed by atoms with Crippen molar-refractivity contribution in [3.8, 4) is 0 Å². The van der Waals surface area contributed by atoms with Crippen LogP contribution in [-0.4, -0.2) is 17.7 Å². The Labute approximate surface area is 72.8 Å². The van der Waals surface area contributed by atoms with Crippen molar-refractivity contribution in [2.45, 2.75) is 26.8 Å². The maximum absolute atomic E-state index is 11.0. The molecule has 0 radical (unpaired) electrons. The van der Waals surface area contributed by atoms with Crippen LogP contribution in [0.1, 0.15) is 20.8 Å². The van der Waals surface area contributed by atoms with Crippen LogP contribution >= 0.6 is 0 Å². The average Bonchev–Trinajstić information content (AvgIpc) is 1.98. The number of carbonyl (C=O) groups excluding carboxylic acids is 2. The fourth-order valence-corrected chi connectivity index (χ4v) is 0.950. The highest BCUT2D eigenvalue weighted by atomic mass is 16.2. The fourth-order valence-electron chi connectivity index (χ4n) is 0.950. The summed E-state index contributed by atoms with van der Waals surface area (Å²) < 4.78 is 0. The first-order valence-corrected chi connectivity index (χ1v) is 3.92. The zero-order chi connectivity index (χ0) is 9.72. The third-order valence-electron chi connectivity index (χ3n) is 1.59. The van der Waals surface area contributed by atoms with E-state index in [1.807, 2.05) is 13.8 Å². The molecule has 0 heterocycles. The van der Waals surface area contributed by atoms with Crippen LogP contribution in [0.25, 0.3) is 0 Å². The molecule has 1 atom stereocenters. The summed E-state index contributed by atoms with van der Waals surface area (Å²) in [5, 5.41) is 2.56. The van der Waals surface area contributed by atoms with Crippen LogP contribution in [0, 0.1) is 5.92 Å². The highest BCUT2D eigenvalue weighted by Gasteiger charge is 2.18. The molecule has 0 saturated heterocycles. The summed E-state index contributed by atoms with van der Waals surface area (Å²) in [5.41, 5.74) is 0. The van der Waals surface area contributed by atoms with Crippen molar-refractivity contribution in [3.05, 3.63) is 12.7 Å². The zero-order valence-corrected chi connectivity index (χ0v) is 7.76. The van der Waals surface area contributed by atoms with Gasteiger partial charge in [-0.15, -0.1) is 0 Å². The van der Waals surface area contributed by atoms with Crippen LogP contribution in [0.2, 0.25) is 0 Å². The topological polar surface area (TPSA) is 46.2 Å². The molecule has 0 rings (SSSR count). The van der Waals surface area contributed by atoms with Crippen molar-refractivity contribution in [1.29, 1.82) is 0 Å². The van der Waals surface area contributed by atoms with Crippen molar-refractivity contribution in [3.63, 3.8) is 0 Å². The number of hydrogen-bond donors (Lipinski definition) is 1. The lowest BCUT2D eigenvalue weighted by atomic mass is 10.0. The molecule has 0 spiro atoms. The number of ketones is 1. The lowest BCUT2D eigenvalue weighted by molar-refractivity contribution is -0.125. The molecule has 12 heavy (non-hydrogen) atoms. The molecule has 68 valence electrons. The number of hydrogen-bond acceptors (Lipinski definition) is 2. The van der Waals surface area contributed by atoms with Gasteiger partial charge in [-0.3, -0.25) is 9.59 Å². The highest BCUT2D eigenvalue weighted by molar-refractivity contribution is 5.92. The van der Waals surface area contributed by atoms with E-state index in [4.69, 9.17) is 0 Å².